The molecule has 0 radical (unpaired) electrons. The van der Waals surface area contributed by atoms with Crippen molar-refractivity contribution >= 4 is 23.5 Å². The van der Waals surface area contributed by atoms with Gasteiger partial charge in [-0.05, 0) is 25.8 Å². The number of hydrogen-bond acceptors (Lipinski definition) is 8. The lowest BCUT2D eigenvalue weighted by Gasteiger charge is -2.28. The van der Waals surface area contributed by atoms with Crippen molar-refractivity contribution < 1.29 is 37.5 Å². The number of cyclic esters (lactones) is 1. The lowest BCUT2D eigenvalue weighted by Crippen LogP contribution is -2.40. The summed E-state index contributed by atoms with van der Waals surface area (Å²) in [5, 5.41) is 0. The van der Waals surface area contributed by atoms with E-state index in [1.54, 1.807) is 6.07 Å². The van der Waals surface area contributed by atoms with Crippen LogP contribution in [0.2, 0.25) is 0 Å². The summed E-state index contributed by atoms with van der Waals surface area (Å²) in [6.45, 7) is 2.73. The Morgan fingerprint density at radius 1 is 1.23 bits per heavy atom. The summed E-state index contributed by atoms with van der Waals surface area (Å²) in [7, 11) is 0. The number of ketones is 2. The van der Waals surface area contributed by atoms with E-state index in [9.17, 15) is 19.2 Å². The first kappa shape index (κ1) is 20.1. The summed E-state index contributed by atoms with van der Waals surface area (Å²) in [6.07, 6.45) is 3.67. The number of ether oxygens (including phenoxy) is 2. The van der Waals surface area contributed by atoms with Gasteiger partial charge in [-0.1, -0.05) is 0 Å². The molecule has 158 valence electrons. The van der Waals surface area contributed by atoms with E-state index >= 15 is 0 Å². The second-order valence-corrected chi connectivity index (χ2v) is 7.95. The molecule has 4 rings (SSSR count). The minimum absolute atomic E-state index is 0.0204. The molecule has 1 aliphatic heterocycles. The molecule has 0 aromatic carbocycles. The molecule has 2 aromatic rings. The van der Waals surface area contributed by atoms with Crippen LogP contribution in [0.5, 0.6) is 0 Å². The zero-order chi connectivity index (χ0) is 21.5. The van der Waals surface area contributed by atoms with Crippen LogP contribution in [0.4, 0.5) is 0 Å². The van der Waals surface area contributed by atoms with Gasteiger partial charge in [-0.3, -0.25) is 19.2 Å². The first-order valence-corrected chi connectivity index (χ1v) is 9.82. The van der Waals surface area contributed by atoms with Crippen LogP contribution in [0.25, 0.3) is 0 Å². The fraction of sp³-hybridized carbons (Fsp3) is 0.455. The van der Waals surface area contributed by atoms with Crippen LogP contribution in [-0.2, 0) is 41.5 Å². The molecule has 3 heterocycles. The molecule has 1 aliphatic carbocycles. The van der Waals surface area contributed by atoms with E-state index in [0.29, 0.717) is 22.5 Å². The van der Waals surface area contributed by atoms with Crippen molar-refractivity contribution in [3.8, 4) is 0 Å². The number of Topliss-reactive ketones (excluding diaryl/α,β-unsaturated/α-hetero) is 2. The average molecular weight is 414 g/mol. The number of fused-ring (bicyclic) bond motifs is 1. The number of carbonyl (C=O) groups excluding carboxylic acids is 4. The van der Waals surface area contributed by atoms with Gasteiger partial charge < -0.3 is 18.3 Å². The highest BCUT2D eigenvalue weighted by Crippen LogP contribution is 2.49. The molecule has 2 aliphatic rings. The molecule has 8 heteroatoms. The standard InChI is InChI=1S/C22H22O8/c1-12(23)7-18-15-8-22(9-19(30-21(22)26)14-5-6-27-10-14)20(25)4-3-17(29-13(2)24)16(15)11-28-18/h5-6,10-11,17,19H,3-4,7-9H2,1-2H3/t17-,19?,22+/m0/s1. The molecule has 2 aromatic heterocycles. The highest BCUT2D eigenvalue weighted by Gasteiger charge is 2.56. The highest BCUT2D eigenvalue weighted by molar-refractivity contribution is 6.05. The lowest BCUT2D eigenvalue weighted by atomic mass is 9.71. The molecular formula is C22H22O8. The minimum atomic E-state index is -1.38. The number of rotatable bonds is 4. The van der Waals surface area contributed by atoms with E-state index in [1.807, 2.05) is 0 Å². The van der Waals surface area contributed by atoms with E-state index < -0.39 is 29.6 Å². The van der Waals surface area contributed by atoms with Gasteiger partial charge in [0.05, 0.1) is 25.2 Å². The minimum Gasteiger partial charge on any atom is -0.472 e. The Morgan fingerprint density at radius 2 is 2.03 bits per heavy atom. The van der Waals surface area contributed by atoms with E-state index in [4.69, 9.17) is 18.3 Å². The predicted molar refractivity (Wildman–Crippen MR) is 100 cm³/mol. The lowest BCUT2D eigenvalue weighted by molar-refractivity contribution is -0.155. The van der Waals surface area contributed by atoms with Crippen LogP contribution >= 0.6 is 0 Å². The molecule has 0 saturated carbocycles. The van der Waals surface area contributed by atoms with E-state index in [0.717, 1.165) is 0 Å². The SMILES string of the molecule is CC(=O)Cc1occ2c1C[C@@]1(CC(c3ccoc3)OC1=O)C(=O)CC[C@@H]2OC(C)=O. The summed E-state index contributed by atoms with van der Waals surface area (Å²) < 4.78 is 21.7. The van der Waals surface area contributed by atoms with Crippen molar-refractivity contribution in [3.05, 3.63) is 47.3 Å². The summed E-state index contributed by atoms with van der Waals surface area (Å²) in [5.74, 6) is -1.09. The summed E-state index contributed by atoms with van der Waals surface area (Å²) in [6, 6.07) is 1.70. The molecule has 1 fully saturated rings. The molecule has 1 saturated heterocycles. The number of furan rings is 2. The first-order valence-electron chi connectivity index (χ1n) is 9.82. The van der Waals surface area contributed by atoms with Crippen LogP contribution < -0.4 is 0 Å². The Bertz CT molecular complexity index is 999. The van der Waals surface area contributed by atoms with Crippen LogP contribution in [0.15, 0.2) is 33.7 Å². The van der Waals surface area contributed by atoms with Crippen molar-refractivity contribution in [2.75, 3.05) is 0 Å². The molecule has 0 bridgehead atoms. The molecule has 30 heavy (non-hydrogen) atoms. The van der Waals surface area contributed by atoms with Crippen molar-refractivity contribution in [1.29, 1.82) is 0 Å². The summed E-state index contributed by atoms with van der Waals surface area (Å²) in [5.41, 5.74) is 0.458. The topological polar surface area (TPSA) is 113 Å². The fourth-order valence-electron chi connectivity index (χ4n) is 4.36. The van der Waals surface area contributed by atoms with Crippen molar-refractivity contribution in [2.45, 2.75) is 58.2 Å². The summed E-state index contributed by atoms with van der Waals surface area (Å²) in [4.78, 5) is 49.6. The van der Waals surface area contributed by atoms with Crippen molar-refractivity contribution in [1.82, 2.24) is 0 Å². The monoisotopic (exact) mass is 414 g/mol. The van der Waals surface area contributed by atoms with Crippen molar-refractivity contribution in [3.63, 3.8) is 0 Å². The zero-order valence-electron chi connectivity index (χ0n) is 16.8. The largest absolute Gasteiger partial charge is 0.472 e. The van der Waals surface area contributed by atoms with Gasteiger partial charge in [0.2, 0.25) is 0 Å². The van der Waals surface area contributed by atoms with Crippen LogP contribution in [0.1, 0.15) is 67.8 Å². The van der Waals surface area contributed by atoms with Gasteiger partial charge in [-0.15, -0.1) is 0 Å². The zero-order valence-corrected chi connectivity index (χ0v) is 16.8. The van der Waals surface area contributed by atoms with Gasteiger partial charge in [0.25, 0.3) is 0 Å². The maximum absolute atomic E-state index is 13.3. The van der Waals surface area contributed by atoms with Crippen LogP contribution in [0, 0.1) is 5.41 Å². The van der Waals surface area contributed by atoms with Gasteiger partial charge in [0.15, 0.2) is 5.78 Å². The smallest absolute Gasteiger partial charge is 0.320 e. The van der Waals surface area contributed by atoms with E-state index in [2.05, 4.69) is 0 Å². The summed E-state index contributed by atoms with van der Waals surface area (Å²) >= 11 is 0. The molecule has 0 amide bonds. The third kappa shape index (κ3) is 3.46. The maximum atomic E-state index is 13.3. The molecule has 3 atom stereocenters. The molecule has 1 unspecified atom stereocenters. The Balaban J connectivity index is 1.76. The van der Waals surface area contributed by atoms with Crippen LogP contribution in [-0.4, -0.2) is 23.5 Å². The molecule has 0 N–H and O–H groups in total. The Kier molecular flexibility index (Phi) is 5.09. The second-order valence-electron chi connectivity index (χ2n) is 7.95. The Hall–Kier alpha value is -3.16. The normalized spacial score (nSPS) is 26.1. The van der Waals surface area contributed by atoms with Gasteiger partial charge in [-0.25, -0.2) is 0 Å². The Morgan fingerprint density at radius 3 is 2.70 bits per heavy atom. The van der Waals surface area contributed by atoms with Gasteiger partial charge in [0.1, 0.15) is 29.2 Å². The van der Waals surface area contributed by atoms with Gasteiger partial charge in [0, 0.05) is 36.5 Å². The van der Waals surface area contributed by atoms with Crippen molar-refractivity contribution in [2.24, 2.45) is 5.41 Å². The van der Waals surface area contributed by atoms with Gasteiger partial charge >= 0.3 is 11.9 Å². The Labute approximate surface area is 172 Å². The van der Waals surface area contributed by atoms with Crippen LogP contribution in [0.3, 0.4) is 0 Å². The molecular weight excluding hydrogens is 392 g/mol. The quantitative estimate of drug-likeness (QED) is 0.554. The fourth-order valence-corrected chi connectivity index (χ4v) is 4.36. The average Bonchev–Trinajstić information content (AvgIpc) is 3.38. The third-order valence-corrected chi connectivity index (χ3v) is 5.81. The maximum Gasteiger partial charge on any atom is 0.320 e. The van der Waals surface area contributed by atoms with E-state index in [1.165, 1.54) is 32.6 Å². The third-order valence-electron chi connectivity index (χ3n) is 5.81. The first-order chi connectivity index (χ1) is 14.3. The molecule has 8 nitrogen and oxygen atoms in total. The number of carbonyl (C=O) groups is 4. The van der Waals surface area contributed by atoms with E-state index in [-0.39, 0.29) is 43.7 Å². The number of hydrogen-bond donors (Lipinski definition) is 0. The second kappa shape index (κ2) is 7.59. The number of esters is 2. The molecule has 1 spiro atoms. The predicted octanol–water partition coefficient (Wildman–Crippen LogP) is 3.19. The van der Waals surface area contributed by atoms with Gasteiger partial charge in [-0.2, -0.15) is 0 Å². The highest BCUT2D eigenvalue weighted by atomic mass is 16.6.